The third-order valence-corrected chi connectivity index (χ3v) is 5.49. The maximum Gasteiger partial charge on any atom is 0.251 e. The number of amides is 1. The molecule has 0 bridgehead atoms. The highest BCUT2D eigenvalue weighted by molar-refractivity contribution is 5.97. The normalized spacial score (nSPS) is 20.1. The monoisotopic (exact) mass is 359 g/mol. The standard InChI is InChI=1S/C21H21N5O/c27-21(14-8-9-16-19(11-14)23-12-22-16)24-15-5-3-4-13(10-15)20-25-17-6-1-2-7-18(17)26-20/h1-2,6-9,11-13,15H,3-5,10H2,(H,22,23)(H,24,27)(H,25,26). The van der Waals surface area contributed by atoms with Gasteiger partial charge >= 0.3 is 0 Å². The van der Waals surface area contributed by atoms with Crippen LogP contribution in [0.25, 0.3) is 22.1 Å². The van der Waals surface area contributed by atoms with Gasteiger partial charge in [0.25, 0.3) is 5.91 Å². The number of aromatic nitrogens is 4. The van der Waals surface area contributed by atoms with Crippen LogP contribution >= 0.6 is 0 Å². The van der Waals surface area contributed by atoms with Crippen molar-refractivity contribution in [2.45, 2.75) is 37.6 Å². The molecule has 2 unspecified atom stereocenters. The molecule has 27 heavy (non-hydrogen) atoms. The Bertz CT molecular complexity index is 1080. The highest BCUT2D eigenvalue weighted by atomic mass is 16.1. The molecule has 3 N–H and O–H groups in total. The molecule has 2 heterocycles. The molecular weight excluding hydrogens is 338 g/mol. The lowest BCUT2D eigenvalue weighted by Crippen LogP contribution is -2.38. The summed E-state index contributed by atoms with van der Waals surface area (Å²) in [4.78, 5) is 28.2. The van der Waals surface area contributed by atoms with Crippen molar-refractivity contribution < 1.29 is 4.79 Å². The van der Waals surface area contributed by atoms with Crippen LogP contribution in [0.4, 0.5) is 0 Å². The van der Waals surface area contributed by atoms with Gasteiger partial charge in [-0.05, 0) is 49.6 Å². The Balaban J connectivity index is 1.31. The van der Waals surface area contributed by atoms with E-state index < -0.39 is 0 Å². The molecule has 2 aromatic heterocycles. The van der Waals surface area contributed by atoms with Gasteiger partial charge in [0.2, 0.25) is 0 Å². The van der Waals surface area contributed by atoms with Crippen LogP contribution < -0.4 is 5.32 Å². The van der Waals surface area contributed by atoms with Crippen molar-refractivity contribution in [2.24, 2.45) is 0 Å². The summed E-state index contributed by atoms with van der Waals surface area (Å²) >= 11 is 0. The fraction of sp³-hybridized carbons (Fsp3) is 0.286. The van der Waals surface area contributed by atoms with Gasteiger partial charge in [-0.3, -0.25) is 4.79 Å². The zero-order chi connectivity index (χ0) is 18.2. The molecule has 0 saturated heterocycles. The van der Waals surface area contributed by atoms with E-state index in [0.29, 0.717) is 11.5 Å². The van der Waals surface area contributed by atoms with Gasteiger partial charge in [0.15, 0.2) is 0 Å². The highest BCUT2D eigenvalue weighted by Gasteiger charge is 2.26. The number of carbonyl (C=O) groups is 1. The van der Waals surface area contributed by atoms with Crippen molar-refractivity contribution >= 4 is 28.0 Å². The van der Waals surface area contributed by atoms with E-state index in [9.17, 15) is 4.79 Å². The molecule has 2 aromatic carbocycles. The smallest absolute Gasteiger partial charge is 0.251 e. The molecule has 6 heteroatoms. The molecule has 6 nitrogen and oxygen atoms in total. The van der Waals surface area contributed by atoms with Crippen LogP contribution in [0.1, 0.15) is 47.8 Å². The van der Waals surface area contributed by atoms with Crippen LogP contribution in [0.5, 0.6) is 0 Å². The van der Waals surface area contributed by atoms with Crippen molar-refractivity contribution in [1.82, 2.24) is 25.3 Å². The van der Waals surface area contributed by atoms with Crippen LogP contribution in [0.3, 0.4) is 0 Å². The first-order valence-corrected chi connectivity index (χ1v) is 9.45. The van der Waals surface area contributed by atoms with Gasteiger partial charge in [-0.1, -0.05) is 18.6 Å². The molecule has 1 fully saturated rings. The lowest BCUT2D eigenvalue weighted by molar-refractivity contribution is 0.0925. The number of carbonyl (C=O) groups excluding carboxylic acids is 1. The topological polar surface area (TPSA) is 86.5 Å². The molecule has 4 aromatic rings. The summed E-state index contributed by atoms with van der Waals surface area (Å²) in [6.45, 7) is 0. The fourth-order valence-corrected chi connectivity index (χ4v) is 4.08. The van der Waals surface area contributed by atoms with Gasteiger partial charge < -0.3 is 15.3 Å². The van der Waals surface area contributed by atoms with E-state index in [2.05, 4.69) is 26.3 Å². The molecule has 5 rings (SSSR count). The van der Waals surface area contributed by atoms with Gasteiger partial charge in [-0.15, -0.1) is 0 Å². The number of hydrogen-bond acceptors (Lipinski definition) is 3. The predicted molar refractivity (Wildman–Crippen MR) is 105 cm³/mol. The lowest BCUT2D eigenvalue weighted by Gasteiger charge is -2.28. The minimum atomic E-state index is -0.0323. The van der Waals surface area contributed by atoms with Gasteiger partial charge in [-0.25, -0.2) is 9.97 Å². The van der Waals surface area contributed by atoms with Gasteiger partial charge in [0.05, 0.1) is 28.4 Å². The number of H-pyrrole nitrogens is 2. The maximum atomic E-state index is 12.7. The minimum Gasteiger partial charge on any atom is -0.349 e. The van der Waals surface area contributed by atoms with E-state index in [-0.39, 0.29) is 11.9 Å². The molecule has 0 radical (unpaired) electrons. The van der Waals surface area contributed by atoms with E-state index in [1.165, 1.54) is 0 Å². The summed E-state index contributed by atoms with van der Waals surface area (Å²) in [5, 5.41) is 3.21. The Morgan fingerprint density at radius 1 is 1.07 bits per heavy atom. The van der Waals surface area contributed by atoms with Crippen molar-refractivity contribution in [3.63, 3.8) is 0 Å². The lowest BCUT2D eigenvalue weighted by atomic mass is 9.85. The molecule has 136 valence electrons. The summed E-state index contributed by atoms with van der Waals surface area (Å²) in [6, 6.07) is 13.9. The first-order valence-electron chi connectivity index (χ1n) is 9.45. The predicted octanol–water partition coefficient (Wildman–Crippen LogP) is 3.90. The van der Waals surface area contributed by atoms with E-state index in [0.717, 1.165) is 53.6 Å². The van der Waals surface area contributed by atoms with Crippen LogP contribution in [-0.2, 0) is 0 Å². The second-order valence-corrected chi connectivity index (χ2v) is 7.31. The Kier molecular flexibility index (Phi) is 3.89. The molecule has 0 spiro atoms. The van der Waals surface area contributed by atoms with Crippen molar-refractivity contribution in [1.29, 1.82) is 0 Å². The van der Waals surface area contributed by atoms with Crippen LogP contribution in [0, 0.1) is 0 Å². The third kappa shape index (κ3) is 3.07. The first kappa shape index (κ1) is 16.1. The van der Waals surface area contributed by atoms with E-state index >= 15 is 0 Å². The first-order chi connectivity index (χ1) is 13.3. The summed E-state index contributed by atoms with van der Waals surface area (Å²) < 4.78 is 0. The zero-order valence-corrected chi connectivity index (χ0v) is 14.9. The third-order valence-electron chi connectivity index (χ3n) is 5.49. The second-order valence-electron chi connectivity index (χ2n) is 7.31. The van der Waals surface area contributed by atoms with Gasteiger partial charge in [0.1, 0.15) is 5.82 Å². The summed E-state index contributed by atoms with van der Waals surface area (Å²) in [5.41, 5.74) is 4.48. The number of imidazole rings is 2. The fourth-order valence-electron chi connectivity index (χ4n) is 4.08. The number of rotatable bonds is 3. The van der Waals surface area contributed by atoms with E-state index in [1.807, 2.05) is 36.4 Å². The zero-order valence-electron chi connectivity index (χ0n) is 14.9. The summed E-state index contributed by atoms with van der Waals surface area (Å²) in [7, 11) is 0. The number of fused-ring (bicyclic) bond motifs is 2. The van der Waals surface area contributed by atoms with Crippen LogP contribution in [0.15, 0.2) is 48.8 Å². The molecular formula is C21H21N5O. The maximum absolute atomic E-state index is 12.7. The number of nitrogens with zero attached hydrogens (tertiary/aromatic N) is 2. The number of benzene rings is 2. The van der Waals surface area contributed by atoms with E-state index in [4.69, 9.17) is 4.98 Å². The second kappa shape index (κ2) is 6.54. The number of para-hydroxylation sites is 2. The van der Waals surface area contributed by atoms with Crippen molar-refractivity contribution in [3.8, 4) is 0 Å². The van der Waals surface area contributed by atoms with Crippen LogP contribution in [0.2, 0.25) is 0 Å². The minimum absolute atomic E-state index is 0.0323. The molecule has 1 aliphatic carbocycles. The van der Waals surface area contributed by atoms with Crippen molar-refractivity contribution in [3.05, 3.63) is 60.2 Å². The van der Waals surface area contributed by atoms with Crippen molar-refractivity contribution in [2.75, 3.05) is 0 Å². The highest BCUT2D eigenvalue weighted by Crippen LogP contribution is 2.32. The van der Waals surface area contributed by atoms with Crippen LogP contribution in [-0.4, -0.2) is 31.9 Å². The SMILES string of the molecule is O=C(NC1CCCC(c2nc3ccccc3[nH]2)C1)c1ccc2[nH]cnc2c1. The average molecular weight is 359 g/mol. The quantitative estimate of drug-likeness (QED) is 0.518. The molecule has 1 amide bonds. The van der Waals surface area contributed by atoms with Gasteiger partial charge in [0, 0.05) is 17.5 Å². The Labute approximate surface area is 156 Å². The molecule has 1 aliphatic rings. The Hall–Kier alpha value is -3.15. The van der Waals surface area contributed by atoms with E-state index in [1.54, 1.807) is 6.33 Å². The number of aromatic amines is 2. The number of hydrogen-bond donors (Lipinski definition) is 3. The molecule has 0 aliphatic heterocycles. The summed E-state index contributed by atoms with van der Waals surface area (Å²) in [6.07, 6.45) is 5.76. The largest absolute Gasteiger partial charge is 0.349 e. The average Bonchev–Trinajstić information content (AvgIpc) is 3.34. The Morgan fingerprint density at radius 3 is 2.93 bits per heavy atom. The Morgan fingerprint density at radius 2 is 2.00 bits per heavy atom. The van der Waals surface area contributed by atoms with Gasteiger partial charge in [-0.2, -0.15) is 0 Å². The molecule has 1 saturated carbocycles. The number of nitrogens with one attached hydrogen (secondary N) is 3. The summed E-state index contributed by atoms with van der Waals surface area (Å²) in [5.74, 6) is 1.36. The molecule has 2 atom stereocenters.